The summed E-state index contributed by atoms with van der Waals surface area (Å²) in [5, 5.41) is 2.95. The zero-order chi connectivity index (χ0) is 21.6. The van der Waals surface area contributed by atoms with Crippen molar-refractivity contribution in [3.8, 4) is 0 Å². The number of amides is 1. The Hall–Kier alpha value is -2.22. The smallest absolute Gasteiger partial charge is 0.251 e. The topological polar surface area (TPSA) is 69.7 Å². The number of nitrogens with zero attached hydrogens (tertiary/aromatic N) is 2. The van der Waals surface area contributed by atoms with Gasteiger partial charge >= 0.3 is 0 Å². The van der Waals surface area contributed by atoms with Crippen LogP contribution in [0.15, 0.2) is 53.4 Å². The third kappa shape index (κ3) is 5.44. The first-order valence-corrected chi connectivity index (χ1v) is 11.3. The average molecular weight is 418 g/mol. The van der Waals surface area contributed by atoms with Gasteiger partial charge in [-0.1, -0.05) is 50.2 Å². The maximum atomic E-state index is 12.9. The van der Waals surface area contributed by atoms with Crippen LogP contribution in [0.1, 0.15) is 41.4 Å². The highest BCUT2D eigenvalue weighted by atomic mass is 32.2. The van der Waals surface area contributed by atoms with Crippen molar-refractivity contribution in [2.24, 2.45) is 0 Å². The number of likely N-dealkylation sites (N-methyl/N-ethyl adjacent to an activating group) is 1. The minimum absolute atomic E-state index is 0.0180. The fourth-order valence-electron chi connectivity index (χ4n) is 3.29. The van der Waals surface area contributed by atoms with Gasteiger partial charge in [0.2, 0.25) is 10.0 Å². The van der Waals surface area contributed by atoms with Crippen LogP contribution in [0.2, 0.25) is 0 Å². The monoisotopic (exact) mass is 417 g/mol. The lowest BCUT2D eigenvalue weighted by Crippen LogP contribution is -2.35. The van der Waals surface area contributed by atoms with Crippen molar-refractivity contribution >= 4 is 15.9 Å². The van der Waals surface area contributed by atoms with E-state index in [1.165, 1.54) is 10.4 Å². The van der Waals surface area contributed by atoms with E-state index in [1.807, 2.05) is 49.3 Å². The molecule has 0 fully saturated rings. The van der Waals surface area contributed by atoms with E-state index in [4.69, 9.17) is 0 Å². The lowest BCUT2D eigenvalue weighted by Gasteiger charge is -2.25. The Labute approximate surface area is 174 Å². The molecule has 0 aromatic heterocycles. The Kier molecular flexibility index (Phi) is 7.96. The number of aryl methyl sites for hydroxylation is 1. The van der Waals surface area contributed by atoms with E-state index in [-0.39, 0.29) is 16.8 Å². The van der Waals surface area contributed by atoms with Crippen molar-refractivity contribution in [3.05, 3.63) is 65.2 Å². The minimum Gasteiger partial charge on any atom is -0.350 e. The molecule has 29 heavy (non-hydrogen) atoms. The highest BCUT2D eigenvalue weighted by Gasteiger charge is 2.25. The summed E-state index contributed by atoms with van der Waals surface area (Å²) in [7, 11) is 0.295. The van der Waals surface area contributed by atoms with E-state index in [9.17, 15) is 13.2 Å². The van der Waals surface area contributed by atoms with Crippen molar-refractivity contribution in [2.75, 3.05) is 33.7 Å². The molecule has 0 aliphatic rings. The van der Waals surface area contributed by atoms with Crippen LogP contribution in [-0.4, -0.2) is 57.3 Å². The van der Waals surface area contributed by atoms with Gasteiger partial charge in [-0.05, 0) is 44.3 Å². The fourth-order valence-corrected chi connectivity index (χ4v) is 5.00. The van der Waals surface area contributed by atoms with Crippen LogP contribution >= 0.6 is 0 Å². The molecule has 2 aromatic rings. The van der Waals surface area contributed by atoms with Crippen LogP contribution in [0.5, 0.6) is 0 Å². The summed E-state index contributed by atoms with van der Waals surface area (Å²) in [6.07, 6.45) is 0. The molecule has 0 heterocycles. The summed E-state index contributed by atoms with van der Waals surface area (Å²) in [5.74, 6) is -0.288. The largest absolute Gasteiger partial charge is 0.350 e. The summed E-state index contributed by atoms with van der Waals surface area (Å²) in [6, 6.07) is 14.8. The zero-order valence-corrected chi connectivity index (χ0v) is 18.7. The third-order valence-electron chi connectivity index (χ3n) is 5.04. The summed E-state index contributed by atoms with van der Waals surface area (Å²) in [4.78, 5) is 15.0. The van der Waals surface area contributed by atoms with Crippen molar-refractivity contribution in [1.82, 2.24) is 14.5 Å². The Balaban J connectivity index is 2.23. The van der Waals surface area contributed by atoms with Gasteiger partial charge in [0.15, 0.2) is 0 Å². The molecular formula is C22H31N3O3S. The SMILES string of the molecule is CCN(CC)S(=O)(=O)c1cc(C(=O)NCC(c2ccccc2)N(C)C)ccc1C. The summed E-state index contributed by atoms with van der Waals surface area (Å²) >= 11 is 0. The lowest BCUT2D eigenvalue weighted by molar-refractivity contribution is 0.0941. The molecule has 1 amide bonds. The van der Waals surface area contributed by atoms with Crippen molar-refractivity contribution in [2.45, 2.75) is 31.7 Å². The van der Waals surface area contributed by atoms with Gasteiger partial charge in [0.1, 0.15) is 0 Å². The predicted molar refractivity (Wildman–Crippen MR) is 116 cm³/mol. The second-order valence-electron chi connectivity index (χ2n) is 7.17. The van der Waals surface area contributed by atoms with E-state index in [0.29, 0.717) is 30.8 Å². The minimum atomic E-state index is -3.63. The Morgan fingerprint density at radius 3 is 2.21 bits per heavy atom. The highest BCUT2D eigenvalue weighted by Crippen LogP contribution is 2.22. The summed E-state index contributed by atoms with van der Waals surface area (Å²) in [5.41, 5.74) is 2.07. The zero-order valence-electron chi connectivity index (χ0n) is 17.8. The Morgan fingerprint density at radius 1 is 1.03 bits per heavy atom. The first-order valence-electron chi connectivity index (χ1n) is 9.82. The first kappa shape index (κ1) is 23.1. The van der Waals surface area contributed by atoms with Gasteiger partial charge < -0.3 is 10.2 Å². The molecule has 6 nitrogen and oxygen atoms in total. The fraction of sp³-hybridized carbons (Fsp3) is 0.409. The van der Waals surface area contributed by atoms with Crippen LogP contribution in [0.25, 0.3) is 0 Å². The highest BCUT2D eigenvalue weighted by molar-refractivity contribution is 7.89. The number of hydrogen-bond acceptors (Lipinski definition) is 4. The van der Waals surface area contributed by atoms with E-state index in [1.54, 1.807) is 32.9 Å². The third-order valence-corrected chi connectivity index (χ3v) is 7.23. The van der Waals surface area contributed by atoms with Crippen molar-refractivity contribution in [3.63, 3.8) is 0 Å². The van der Waals surface area contributed by atoms with Gasteiger partial charge in [-0.25, -0.2) is 8.42 Å². The van der Waals surface area contributed by atoms with E-state index < -0.39 is 10.0 Å². The average Bonchev–Trinajstić information content (AvgIpc) is 2.69. The second kappa shape index (κ2) is 10.0. The van der Waals surface area contributed by atoms with E-state index >= 15 is 0 Å². The number of hydrogen-bond donors (Lipinski definition) is 1. The molecule has 0 saturated carbocycles. The number of sulfonamides is 1. The number of benzene rings is 2. The normalized spacial score (nSPS) is 12.9. The van der Waals surface area contributed by atoms with Gasteiger partial charge in [0.05, 0.1) is 10.9 Å². The Morgan fingerprint density at radius 2 is 1.66 bits per heavy atom. The maximum Gasteiger partial charge on any atom is 0.251 e. The molecule has 1 unspecified atom stereocenters. The van der Waals surface area contributed by atoms with Gasteiger partial charge in [-0.2, -0.15) is 4.31 Å². The molecule has 0 radical (unpaired) electrons. The van der Waals surface area contributed by atoms with Crippen LogP contribution in [0, 0.1) is 6.92 Å². The molecule has 2 aromatic carbocycles. The second-order valence-corrected chi connectivity index (χ2v) is 9.08. The van der Waals surface area contributed by atoms with E-state index in [0.717, 1.165) is 5.56 Å². The molecule has 0 saturated heterocycles. The van der Waals surface area contributed by atoms with Crippen LogP contribution in [0.3, 0.4) is 0 Å². The van der Waals surface area contributed by atoms with Gasteiger partial charge in [0, 0.05) is 25.2 Å². The van der Waals surface area contributed by atoms with Crippen LogP contribution < -0.4 is 5.32 Å². The van der Waals surface area contributed by atoms with Crippen molar-refractivity contribution < 1.29 is 13.2 Å². The van der Waals surface area contributed by atoms with Gasteiger partial charge in [-0.3, -0.25) is 4.79 Å². The molecule has 1 atom stereocenters. The number of rotatable bonds is 9. The molecule has 2 rings (SSSR count). The van der Waals surface area contributed by atoms with Gasteiger partial charge in [-0.15, -0.1) is 0 Å². The molecule has 7 heteroatoms. The van der Waals surface area contributed by atoms with E-state index in [2.05, 4.69) is 5.32 Å². The first-order chi connectivity index (χ1) is 13.7. The predicted octanol–water partition coefficient (Wildman–Crippen LogP) is 3.06. The lowest BCUT2D eigenvalue weighted by atomic mass is 10.1. The van der Waals surface area contributed by atoms with Crippen molar-refractivity contribution in [1.29, 1.82) is 0 Å². The summed E-state index contributed by atoms with van der Waals surface area (Å²) < 4.78 is 27.2. The number of nitrogens with one attached hydrogen (secondary N) is 1. The molecule has 158 valence electrons. The number of carbonyl (C=O) groups is 1. The quantitative estimate of drug-likeness (QED) is 0.681. The Bertz CT molecular complexity index is 924. The molecule has 0 bridgehead atoms. The van der Waals surface area contributed by atoms with Gasteiger partial charge in [0.25, 0.3) is 5.91 Å². The maximum absolute atomic E-state index is 12.9. The summed E-state index contributed by atoms with van der Waals surface area (Å²) in [6.45, 7) is 6.54. The van der Waals surface area contributed by atoms with Crippen LogP contribution in [0.4, 0.5) is 0 Å². The molecule has 0 aliphatic carbocycles. The van der Waals surface area contributed by atoms with Crippen LogP contribution in [-0.2, 0) is 10.0 Å². The number of carbonyl (C=O) groups excluding carboxylic acids is 1. The molecule has 0 spiro atoms. The molecule has 1 N–H and O–H groups in total. The standard InChI is InChI=1S/C22H31N3O3S/c1-6-25(7-2)29(27,28)21-15-19(14-13-17(21)3)22(26)23-16-20(24(4)5)18-11-9-8-10-12-18/h8-15,20H,6-7,16H2,1-5H3,(H,23,26). The molecular weight excluding hydrogens is 386 g/mol. The molecule has 0 aliphatic heterocycles.